The predicted molar refractivity (Wildman–Crippen MR) is 39.3 cm³/mol. The second kappa shape index (κ2) is 3.22. The summed E-state index contributed by atoms with van der Waals surface area (Å²) in [7, 11) is 0. The first-order valence-corrected chi connectivity index (χ1v) is 3.99. The molecule has 12 heavy (non-hydrogen) atoms. The summed E-state index contributed by atoms with van der Waals surface area (Å²) in [6.45, 7) is 0. The molecular weight excluding hydrogens is 169 g/mol. The van der Waals surface area contributed by atoms with E-state index in [1.54, 1.807) is 0 Å². The molecule has 72 valence electrons. The minimum atomic E-state index is -4.10. The van der Waals surface area contributed by atoms with Gasteiger partial charge in [0.15, 0.2) is 0 Å². The van der Waals surface area contributed by atoms with Gasteiger partial charge in [-0.25, -0.2) is 0 Å². The van der Waals surface area contributed by atoms with Gasteiger partial charge < -0.3 is 11.5 Å². The van der Waals surface area contributed by atoms with E-state index in [0.29, 0.717) is 6.42 Å². The number of hydrogen-bond acceptors (Lipinski definition) is 2. The highest BCUT2D eigenvalue weighted by atomic mass is 19.4. The molecule has 1 unspecified atom stereocenters. The molecule has 3 atom stereocenters. The van der Waals surface area contributed by atoms with Gasteiger partial charge in [-0.15, -0.1) is 0 Å². The lowest BCUT2D eigenvalue weighted by molar-refractivity contribution is -0.183. The third kappa shape index (κ3) is 2.10. The summed E-state index contributed by atoms with van der Waals surface area (Å²) in [6.07, 6.45) is -3.62. The molecule has 0 aliphatic heterocycles. The van der Waals surface area contributed by atoms with Crippen LogP contribution in [0.1, 0.15) is 19.3 Å². The zero-order valence-corrected chi connectivity index (χ0v) is 6.64. The first kappa shape index (κ1) is 9.80. The molecule has 1 rings (SSSR count). The molecular formula is C7H13F3N2. The molecule has 0 saturated heterocycles. The van der Waals surface area contributed by atoms with Crippen LogP contribution in [0.4, 0.5) is 13.2 Å². The van der Waals surface area contributed by atoms with E-state index in [1.165, 1.54) is 0 Å². The van der Waals surface area contributed by atoms with E-state index in [9.17, 15) is 13.2 Å². The molecule has 0 aromatic carbocycles. The zero-order valence-electron chi connectivity index (χ0n) is 6.64. The Bertz CT molecular complexity index is 157. The smallest absolute Gasteiger partial charge is 0.326 e. The molecule has 0 aromatic rings. The molecule has 4 N–H and O–H groups in total. The third-order valence-electron chi connectivity index (χ3n) is 2.42. The molecule has 1 aliphatic carbocycles. The second-order valence-electron chi connectivity index (χ2n) is 3.38. The molecule has 5 heteroatoms. The van der Waals surface area contributed by atoms with Crippen molar-refractivity contribution in [1.82, 2.24) is 0 Å². The van der Waals surface area contributed by atoms with Crippen LogP contribution in [0.2, 0.25) is 0 Å². The monoisotopic (exact) mass is 182 g/mol. The maximum Gasteiger partial charge on any atom is 0.391 e. The summed E-state index contributed by atoms with van der Waals surface area (Å²) in [5.41, 5.74) is 10.9. The van der Waals surface area contributed by atoms with Gasteiger partial charge >= 0.3 is 6.18 Å². The normalized spacial score (nSPS) is 38.2. The van der Waals surface area contributed by atoms with Crippen molar-refractivity contribution in [3.63, 3.8) is 0 Å². The summed E-state index contributed by atoms with van der Waals surface area (Å²) in [6, 6.07) is -0.756. The van der Waals surface area contributed by atoms with Crippen LogP contribution in [0.3, 0.4) is 0 Å². The number of nitrogens with two attached hydrogens (primary N) is 2. The molecule has 0 heterocycles. The summed E-state index contributed by atoms with van der Waals surface area (Å²) in [5, 5.41) is 0. The predicted octanol–water partition coefficient (Wildman–Crippen LogP) is 1.00. The van der Waals surface area contributed by atoms with Crippen LogP contribution in [0.5, 0.6) is 0 Å². The molecule has 0 spiro atoms. The fraction of sp³-hybridized carbons (Fsp3) is 1.00. The number of alkyl halides is 3. The van der Waals surface area contributed by atoms with Crippen molar-refractivity contribution >= 4 is 0 Å². The van der Waals surface area contributed by atoms with Crippen LogP contribution in [0, 0.1) is 5.92 Å². The van der Waals surface area contributed by atoms with E-state index in [0.717, 1.165) is 0 Å². The lowest BCUT2D eigenvalue weighted by Crippen LogP contribution is -2.48. The standard InChI is InChI=1S/C7H13F3N2/c8-7(9,10)4-1-2-5(11)6(12)3-4/h4-6H,1-3,11-12H2/t4?,5-,6-/m1/s1. The highest BCUT2D eigenvalue weighted by molar-refractivity contribution is 4.87. The Morgan fingerprint density at radius 3 is 2.00 bits per heavy atom. The van der Waals surface area contributed by atoms with Crippen LogP contribution in [-0.4, -0.2) is 18.3 Å². The van der Waals surface area contributed by atoms with Crippen LogP contribution < -0.4 is 11.5 Å². The van der Waals surface area contributed by atoms with Crippen LogP contribution in [0.15, 0.2) is 0 Å². The van der Waals surface area contributed by atoms with Crippen LogP contribution >= 0.6 is 0 Å². The van der Waals surface area contributed by atoms with Gasteiger partial charge in [0, 0.05) is 12.1 Å². The molecule has 0 radical (unpaired) electrons. The summed E-state index contributed by atoms with van der Waals surface area (Å²) in [5.74, 6) is -1.24. The lowest BCUT2D eigenvalue weighted by Gasteiger charge is -2.32. The van der Waals surface area contributed by atoms with Crippen molar-refractivity contribution in [2.45, 2.75) is 37.5 Å². The number of halogens is 3. The molecule has 0 amide bonds. The molecule has 2 nitrogen and oxygen atoms in total. The van der Waals surface area contributed by atoms with Crippen LogP contribution in [-0.2, 0) is 0 Å². The van der Waals surface area contributed by atoms with Crippen molar-refractivity contribution in [1.29, 1.82) is 0 Å². The molecule has 0 bridgehead atoms. The number of hydrogen-bond donors (Lipinski definition) is 2. The summed E-state index contributed by atoms with van der Waals surface area (Å²) in [4.78, 5) is 0. The Labute approximate surface area is 69.1 Å². The Balaban J connectivity index is 2.51. The van der Waals surface area contributed by atoms with Gasteiger partial charge in [0.2, 0.25) is 0 Å². The Morgan fingerprint density at radius 2 is 1.58 bits per heavy atom. The first-order valence-electron chi connectivity index (χ1n) is 3.99. The quantitative estimate of drug-likeness (QED) is 0.587. The van der Waals surface area contributed by atoms with E-state index in [2.05, 4.69) is 0 Å². The van der Waals surface area contributed by atoms with E-state index < -0.39 is 18.1 Å². The van der Waals surface area contributed by atoms with Gasteiger partial charge in [-0.1, -0.05) is 0 Å². The van der Waals surface area contributed by atoms with Crippen molar-refractivity contribution < 1.29 is 13.2 Å². The topological polar surface area (TPSA) is 52.0 Å². The van der Waals surface area contributed by atoms with E-state index in [4.69, 9.17) is 11.5 Å². The second-order valence-corrected chi connectivity index (χ2v) is 3.38. The fourth-order valence-corrected chi connectivity index (χ4v) is 1.53. The van der Waals surface area contributed by atoms with Gasteiger partial charge in [-0.05, 0) is 19.3 Å². The zero-order chi connectivity index (χ0) is 9.35. The largest absolute Gasteiger partial charge is 0.391 e. The van der Waals surface area contributed by atoms with Gasteiger partial charge in [0.1, 0.15) is 0 Å². The van der Waals surface area contributed by atoms with Crippen LogP contribution in [0.25, 0.3) is 0 Å². The lowest BCUT2D eigenvalue weighted by atomic mass is 9.83. The molecule has 0 aromatic heterocycles. The Hall–Kier alpha value is -0.290. The highest BCUT2D eigenvalue weighted by Crippen LogP contribution is 2.36. The third-order valence-corrected chi connectivity index (χ3v) is 2.42. The van der Waals surface area contributed by atoms with Crippen molar-refractivity contribution in [3.8, 4) is 0 Å². The maximum atomic E-state index is 12.1. The molecule has 1 aliphatic rings. The van der Waals surface area contributed by atoms with Crippen molar-refractivity contribution in [2.75, 3.05) is 0 Å². The average molecular weight is 182 g/mol. The van der Waals surface area contributed by atoms with Gasteiger partial charge in [-0.2, -0.15) is 13.2 Å². The van der Waals surface area contributed by atoms with E-state index >= 15 is 0 Å². The summed E-state index contributed by atoms with van der Waals surface area (Å²) < 4.78 is 36.4. The Kier molecular flexibility index (Phi) is 2.63. The summed E-state index contributed by atoms with van der Waals surface area (Å²) >= 11 is 0. The minimum absolute atomic E-state index is 0.0231. The van der Waals surface area contributed by atoms with Crippen molar-refractivity contribution in [3.05, 3.63) is 0 Å². The maximum absolute atomic E-state index is 12.1. The van der Waals surface area contributed by atoms with Crippen molar-refractivity contribution in [2.24, 2.45) is 17.4 Å². The SMILES string of the molecule is N[C@@H]1CCC(C(F)(F)F)C[C@H]1N. The molecule has 1 saturated carbocycles. The Morgan fingerprint density at radius 1 is 1.00 bits per heavy atom. The first-order chi connectivity index (χ1) is 5.41. The van der Waals surface area contributed by atoms with E-state index in [1.807, 2.05) is 0 Å². The highest BCUT2D eigenvalue weighted by Gasteiger charge is 2.43. The fourth-order valence-electron chi connectivity index (χ4n) is 1.53. The molecule has 1 fully saturated rings. The average Bonchev–Trinajstić information content (AvgIpc) is 1.92. The van der Waals surface area contributed by atoms with E-state index in [-0.39, 0.29) is 18.9 Å². The minimum Gasteiger partial charge on any atom is -0.326 e. The van der Waals surface area contributed by atoms with Gasteiger partial charge in [-0.3, -0.25) is 0 Å². The number of rotatable bonds is 0. The van der Waals surface area contributed by atoms with Gasteiger partial charge in [0.05, 0.1) is 5.92 Å². The van der Waals surface area contributed by atoms with Gasteiger partial charge in [0.25, 0.3) is 0 Å².